The molecule has 0 saturated carbocycles. The van der Waals surface area contributed by atoms with Crippen molar-refractivity contribution in [1.82, 2.24) is 9.38 Å². The van der Waals surface area contributed by atoms with Crippen molar-refractivity contribution in [1.29, 1.82) is 0 Å². The zero-order valence-electron chi connectivity index (χ0n) is 11.6. The van der Waals surface area contributed by atoms with Crippen molar-refractivity contribution in [3.63, 3.8) is 0 Å². The van der Waals surface area contributed by atoms with Gasteiger partial charge in [-0.2, -0.15) is 0 Å². The van der Waals surface area contributed by atoms with Gasteiger partial charge in [0.15, 0.2) is 0 Å². The summed E-state index contributed by atoms with van der Waals surface area (Å²) >= 11 is 0. The topological polar surface area (TPSA) is 72.4 Å². The third-order valence-electron chi connectivity index (χ3n) is 3.82. The highest BCUT2D eigenvalue weighted by atomic mass is 16.1. The van der Waals surface area contributed by atoms with Crippen molar-refractivity contribution >= 4 is 23.1 Å². The lowest BCUT2D eigenvalue weighted by molar-refractivity contribution is -0.115. The second kappa shape index (κ2) is 4.09. The summed E-state index contributed by atoms with van der Waals surface area (Å²) in [6.45, 7) is 2.03. The number of benzene rings is 1. The van der Waals surface area contributed by atoms with Crippen LogP contribution in [0.2, 0.25) is 0 Å². The quantitative estimate of drug-likeness (QED) is 0.718. The summed E-state index contributed by atoms with van der Waals surface area (Å²) in [5, 5.41) is 2.83. The molecule has 1 aliphatic heterocycles. The maximum Gasteiger partial charge on any atom is 0.228 e. The molecule has 5 heteroatoms. The van der Waals surface area contributed by atoms with Crippen molar-refractivity contribution in [2.45, 2.75) is 13.3 Å². The van der Waals surface area contributed by atoms with Gasteiger partial charge >= 0.3 is 0 Å². The van der Waals surface area contributed by atoms with Gasteiger partial charge in [-0.3, -0.25) is 9.20 Å². The van der Waals surface area contributed by atoms with Gasteiger partial charge in [-0.1, -0.05) is 6.07 Å². The fourth-order valence-corrected chi connectivity index (χ4v) is 2.75. The normalized spacial score (nSPS) is 13.5. The summed E-state index contributed by atoms with van der Waals surface area (Å²) in [6, 6.07) is 9.83. The molecule has 0 fully saturated rings. The minimum Gasteiger partial charge on any atom is -0.383 e. The number of nitrogens with one attached hydrogen (secondary N) is 1. The van der Waals surface area contributed by atoms with E-state index in [1.807, 2.05) is 47.9 Å². The van der Waals surface area contributed by atoms with Crippen LogP contribution in [0, 0.1) is 6.92 Å². The molecule has 3 aromatic rings. The largest absolute Gasteiger partial charge is 0.383 e. The maximum absolute atomic E-state index is 11.4. The minimum atomic E-state index is 0.0285. The van der Waals surface area contributed by atoms with Crippen molar-refractivity contribution < 1.29 is 4.79 Å². The van der Waals surface area contributed by atoms with Crippen LogP contribution in [-0.4, -0.2) is 15.3 Å². The van der Waals surface area contributed by atoms with Crippen LogP contribution in [0.15, 0.2) is 36.5 Å². The number of nitrogens with zero attached hydrogens (tertiary/aromatic N) is 2. The molecule has 1 aliphatic rings. The molecule has 0 unspecified atom stereocenters. The van der Waals surface area contributed by atoms with Crippen molar-refractivity contribution in [2.75, 3.05) is 11.1 Å². The first-order valence-corrected chi connectivity index (χ1v) is 6.79. The molecular formula is C16H14N4O. The van der Waals surface area contributed by atoms with Gasteiger partial charge in [0.1, 0.15) is 17.2 Å². The first-order chi connectivity index (χ1) is 10.1. The molecule has 3 N–H and O–H groups in total. The Kier molecular flexibility index (Phi) is 2.33. The zero-order valence-corrected chi connectivity index (χ0v) is 11.6. The highest BCUT2D eigenvalue weighted by Crippen LogP contribution is 2.32. The Bertz CT molecular complexity index is 895. The van der Waals surface area contributed by atoms with Gasteiger partial charge in [0.05, 0.1) is 6.42 Å². The predicted octanol–water partition coefficient (Wildman–Crippen LogP) is 2.39. The summed E-state index contributed by atoms with van der Waals surface area (Å²) in [5.41, 5.74) is 11.7. The predicted molar refractivity (Wildman–Crippen MR) is 82.1 cm³/mol. The van der Waals surface area contributed by atoms with Gasteiger partial charge in [0.25, 0.3) is 0 Å². The average Bonchev–Trinajstić information content (AvgIpc) is 2.97. The average molecular weight is 278 g/mol. The van der Waals surface area contributed by atoms with E-state index in [0.29, 0.717) is 12.2 Å². The number of aromatic nitrogens is 2. The van der Waals surface area contributed by atoms with Crippen LogP contribution in [0.3, 0.4) is 0 Å². The monoisotopic (exact) mass is 278 g/mol. The number of pyridine rings is 1. The molecule has 1 aromatic carbocycles. The van der Waals surface area contributed by atoms with E-state index in [1.54, 1.807) is 0 Å². The van der Waals surface area contributed by atoms with Crippen molar-refractivity contribution in [3.05, 3.63) is 47.7 Å². The fraction of sp³-hybridized carbons (Fsp3) is 0.125. The molecule has 21 heavy (non-hydrogen) atoms. The molecule has 0 saturated heterocycles. The number of anilines is 2. The van der Waals surface area contributed by atoms with Crippen LogP contribution in [-0.2, 0) is 11.2 Å². The summed E-state index contributed by atoms with van der Waals surface area (Å²) in [4.78, 5) is 16.1. The van der Waals surface area contributed by atoms with E-state index in [4.69, 9.17) is 5.73 Å². The van der Waals surface area contributed by atoms with Gasteiger partial charge < -0.3 is 11.1 Å². The number of fused-ring (bicyclic) bond motifs is 2. The Morgan fingerprint density at radius 1 is 1.29 bits per heavy atom. The number of imidazole rings is 1. The summed E-state index contributed by atoms with van der Waals surface area (Å²) in [7, 11) is 0. The van der Waals surface area contributed by atoms with E-state index in [-0.39, 0.29) is 5.91 Å². The van der Waals surface area contributed by atoms with Gasteiger partial charge in [-0.15, -0.1) is 0 Å². The Balaban J connectivity index is 1.89. The van der Waals surface area contributed by atoms with Crippen molar-refractivity contribution in [2.24, 2.45) is 0 Å². The van der Waals surface area contributed by atoms with Crippen LogP contribution in [0.25, 0.3) is 16.9 Å². The molecule has 2 aromatic heterocycles. The standard InChI is InChI=1S/C16H14N4O/c1-9-4-5-20-13(6-9)19-15(16(20)17)10-2-3-12-11(7-10)8-14(21)18-12/h2-7H,8,17H2,1H3,(H,18,21). The Hall–Kier alpha value is -2.82. The van der Waals surface area contributed by atoms with Crippen molar-refractivity contribution in [3.8, 4) is 11.3 Å². The number of carbonyl (C=O) groups is 1. The number of amides is 1. The molecule has 0 spiro atoms. The van der Waals surface area contributed by atoms with Gasteiger partial charge in [-0.25, -0.2) is 4.98 Å². The molecule has 5 nitrogen and oxygen atoms in total. The number of nitrogen functional groups attached to an aromatic ring is 1. The Morgan fingerprint density at radius 2 is 2.14 bits per heavy atom. The number of aryl methyl sites for hydroxylation is 1. The zero-order chi connectivity index (χ0) is 14.6. The second-order valence-electron chi connectivity index (χ2n) is 5.37. The lowest BCUT2D eigenvalue weighted by Crippen LogP contribution is -2.03. The molecule has 0 aliphatic carbocycles. The molecule has 0 radical (unpaired) electrons. The molecule has 104 valence electrons. The maximum atomic E-state index is 11.4. The first kappa shape index (κ1) is 12.0. The smallest absolute Gasteiger partial charge is 0.228 e. The Labute approximate surface area is 121 Å². The summed E-state index contributed by atoms with van der Waals surface area (Å²) < 4.78 is 1.87. The third kappa shape index (κ3) is 1.78. The van der Waals surface area contributed by atoms with Gasteiger partial charge in [0, 0.05) is 17.4 Å². The van der Waals surface area contributed by atoms with E-state index in [1.165, 1.54) is 0 Å². The first-order valence-electron chi connectivity index (χ1n) is 6.79. The highest BCUT2D eigenvalue weighted by Gasteiger charge is 2.19. The number of carbonyl (C=O) groups excluding carboxylic acids is 1. The number of hydrogen-bond acceptors (Lipinski definition) is 3. The fourth-order valence-electron chi connectivity index (χ4n) is 2.75. The minimum absolute atomic E-state index is 0.0285. The third-order valence-corrected chi connectivity index (χ3v) is 3.82. The van der Waals surface area contributed by atoms with Gasteiger partial charge in [-0.05, 0) is 42.3 Å². The van der Waals surface area contributed by atoms with Crippen LogP contribution in [0.4, 0.5) is 11.5 Å². The Morgan fingerprint density at radius 3 is 3.00 bits per heavy atom. The number of rotatable bonds is 1. The summed E-state index contributed by atoms with van der Waals surface area (Å²) in [6.07, 6.45) is 2.34. The van der Waals surface area contributed by atoms with Crippen LogP contribution in [0.1, 0.15) is 11.1 Å². The van der Waals surface area contributed by atoms with Crippen LogP contribution >= 0.6 is 0 Å². The number of nitrogens with two attached hydrogens (primary N) is 1. The van der Waals surface area contributed by atoms with Crippen LogP contribution in [0.5, 0.6) is 0 Å². The molecular weight excluding hydrogens is 264 g/mol. The van der Waals surface area contributed by atoms with E-state index >= 15 is 0 Å². The van der Waals surface area contributed by atoms with E-state index in [0.717, 1.165) is 33.7 Å². The van der Waals surface area contributed by atoms with Crippen LogP contribution < -0.4 is 11.1 Å². The number of hydrogen-bond donors (Lipinski definition) is 2. The lowest BCUT2D eigenvalue weighted by Gasteiger charge is -2.03. The summed E-state index contributed by atoms with van der Waals surface area (Å²) in [5.74, 6) is 0.642. The lowest BCUT2D eigenvalue weighted by atomic mass is 10.1. The van der Waals surface area contributed by atoms with Gasteiger partial charge in [0.2, 0.25) is 5.91 Å². The van der Waals surface area contributed by atoms with E-state index < -0.39 is 0 Å². The van der Waals surface area contributed by atoms with E-state index in [2.05, 4.69) is 10.3 Å². The highest BCUT2D eigenvalue weighted by molar-refractivity contribution is 5.99. The molecule has 4 rings (SSSR count). The molecule has 0 bridgehead atoms. The van der Waals surface area contributed by atoms with E-state index in [9.17, 15) is 4.79 Å². The SMILES string of the molecule is Cc1ccn2c(N)c(-c3ccc4c(c3)CC(=O)N4)nc2c1. The molecule has 1 amide bonds. The second-order valence-corrected chi connectivity index (χ2v) is 5.37. The molecule has 3 heterocycles. The molecule has 0 atom stereocenters.